The van der Waals surface area contributed by atoms with E-state index in [-0.39, 0.29) is 30.3 Å². The maximum atomic E-state index is 13.0. The molecule has 2 atom stereocenters. The van der Waals surface area contributed by atoms with E-state index in [1.165, 1.54) is 24.0 Å². The van der Waals surface area contributed by atoms with Crippen LogP contribution in [-0.2, 0) is 20.9 Å². The van der Waals surface area contributed by atoms with Gasteiger partial charge in [-0.05, 0) is 37.5 Å². The number of hydrogen-bond acceptors (Lipinski definition) is 3. The second-order valence-corrected chi connectivity index (χ2v) is 5.83. The van der Waals surface area contributed by atoms with Crippen LogP contribution in [0, 0.1) is 5.82 Å². The summed E-state index contributed by atoms with van der Waals surface area (Å²) >= 11 is 0. The average Bonchev–Trinajstić information content (AvgIpc) is 3.04. The largest absolute Gasteiger partial charge is 0.376 e. The minimum atomic E-state index is -0.598. The van der Waals surface area contributed by atoms with E-state index in [4.69, 9.17) is 4.74 Å². The molecule has 1 aliphatic rings. The van der Waals surface area contributed by atoms with Crippen molar-refractivity contribution in [3.05, 3.63) is 35.6 Å². The number of amides is 2. The molecule has 126 valence electrons. The first-order valence-corrected chi connectivity index (χ1v) is 7.88. The summed E-state index contributed by atoms with van der Waals surface area (Å²) in [5.74, 6) is -0.739. The van der Waals surface area contributed by atoms with Crippen molar-refractivity contribution < 1.29 is 18.7 Å². The summed E-state index contributed by atoms with van der Waals surface area (Å²) in [4.78, 5) is 25.6. The van der Waals surface area contributed by atoms with Crippen LogP contribution >= 0.6 is 0 Å². The smallest absolute Gasteiger partial charge is 0.242 e. The number of halogens is 1. The van der Waals surface area contributed by atoms with Gasteiger partial charge in [0.25, 0.3) is 0 Å². The first kappa shape index (κ1) is 17.4. The third kappa shape index (κ3) is 5.03. The number of nitrogens with one attached hydrogen (secondary N) is 1. The summed E-state index contributed by atoms with van der Waals surface area (Å²) in [5, 5.41) is 2.84. The zero-order valence-corrected chi connectivity index (χ0v) is 13.5. The van der Waals surface area contributed by atoms with Crippen molar-refractivity contribution in [1.82, 2.24) is 10.2 Å². The van der Waals surface area contributed by atoms with E-state index in [1.807, 2.05) is 0 Å². The highest BCUT2D eigenvalue weighted by Crippen LogP contribution is 2.12. The van der Waals surface area contributed by atoms with E-state index in [2.05, 4.69) is 5.32 Å². The van der Waals surface area contributed by atoms with Crippen LogP contribution < -0.4 is 5.32 Å². The number of ether oxygens (including phenoxy) is 1. The number of nitrogens with zero attached hydrogens (tertiary/aromatic N) is 1. The van der Waals surface area contributed by atoms with Crippen molar-refractivity contribution in [2.45, 2.75) is 45.4 Å². The Labute approximate surface area is 135 Å². The Morgan fingerprint density at radius 2 is 2.09 bits per heavy atom. The Balaban J connectivity index is 1.93. The molecule has 1 heterocycles. The van der Waals surface area contributed by atoms with Crippen LogP contribution in [0.4, 0.5) is 4.39 Å². The van der Waals surface area contributed by atoms with Gasteiger partial charge in [-0.2, -0.15) is 0 Å². The van der Waals surface area contributed by atoms with Crippen LogP contribution in [0.2, 0.25) is 0 Å². The second-order valence-electron chi connectivity index (χ2n) is 5.83. The summed E-state index contributed by atoms with van der Waals surface area (Å²) in [7, 11) is 0. The molecule has 23 heavy (non-hydrogen) atoms. The third-order valence-corrected chi connectivity index (χ3v) is 4.05. The Morgan fingerprint density at radius 1 is 1.39 bits per heavy atom. The van der Waals surface area contributed by atoms with Crippen molar-refractivity contribution in [1.29, 1.82) is 0 Å². The summed E-state index contributed by atoms with van der Waals surface area (Å²) in [6.07, 6.45) is 2.02. The Bertz CT molecular complexity index is 541. The lowest BCUT2D eigenvalue weighted by molar-refractivity contribution is -0.139. The molecule has 2 rings (SSSR count). The summed E-state index contributed by atoms with van der Waals surface area (Å²) in [5.41, 5.74) is 0.778. The minimum Gasteiger partial charge on any atom is -0.376 e. The van der Waals surface area contributed by atoms with E-state index < -0.39 is 6.04 Å². The summed E-state index contributed by atoms with van der Waals surface area (Å²) in [6, 6.07) is 5.31. The summed E-state index contributed by atoms with van der Waals surface area (Å²) < 4.78 is 18.4. The fraction of sp³-hybridized carbons (Fsp3) is 0.529. The SMILES string of the molecule is CC(=O)N(Cc1ccc(F)cc1)[C@H](C)C(=O)NC[C@@H]1CCCO1. The van der Waals surface area contributed by atoms with Crippen LogP contribution in [0.3, 0.4) is 0 Å². The quantitative estimate of drug-likeness (QED) is 0.870. The predicted molar refractivity (Wildman–Crippen MR) is 84.1 cm³/mol. The molecular weight excluding hydrogens is 299 g/mol. The van der Waals surface area contributed by atoms with Crippen LogP contribution in [0.5, 0.6) is 0 Å². The second kappa shape index (κ2) is 8.06. The molecule has 0 aromatic heterocycles. The maximum absolute atomic E-state index is 13.0. The molecule has 6 heteroatoms. The molecule has 0 bridgehead atoms. The predicted octanol–water partition coefficient (Wildman–Crippen LogP) is 1.86. The summed E-state index contributed by atoms with van der Waals surface area (Å²) in [6.45, 7) is 4.58. The zero-order chi connectivity index (χ0) is 16.8. The topological polar surface area (TPSA) is 58.6 Å². The molecule has 2 amide bonds. The first-order valence-electron chi connectivity index (χ1n) is 7.88. The molecule has 0 saturated carbocycles. The van der Waals surface area contributed by atoms with Gasteiger partial charge in [-0.3, -0.25) is 9.59 Å². The molecule has 1 saturated heterocycles. The van der Waals surface area contributed by atoms with Crippen LogP contribution in [0.25, 0.3) is 0 Å². The zero-order valence-electron chi connectivity index (χ0n) is 13.5. The van der Waals surface area contributed by atoms with Gasteiger partial charge < -0.3 is 15.0 Å². The first-order chi connectivity index (χ1) is 11.0. The molecule has 1 aromatic carbocycles. The molecule has 0 unspecified atom stereocenters. The van der Waals surface area contributed by atoms with Crippen molar-refractivity contribution in [2.75, 3.05) is 13.2 Å². The van der Waals surface area contributed by atoms with Gasteiger partial charge >= 0.3 is 0 Å². The molecule has 0 aliphatic carbocycles. The van der Waals surface area contributed by atoms with Crippen molar-refractivity contribution >= 4 is 11.8 Å². The van der Waals surface area contributed by atoms with Gasteiger partial charge in [0.05, 0.1) is 6.10 Å². The van der Waals surface area contributed by atoms with Gasteiger partial charge in [-0.1, -0.05) is 12.1 Å². The Hall–Kier alpha value is -1.95. The molecule has 5 nitrogen and oxygen atoms in total. The lowest BCUT2D eigenvalue weighted by Gasteiger charge is -2.28. The van der Waals surface area contributed by atoms with Crippen LogP contribution in [0.15, 0.2) is 24.3 Å². The van der Waals surface area contributed by atoms with Gasteiger partial charge in [-0.25, -0.2) is 4.39 Å². The van der Waals surface area contributed by atoms with Crippen LogP contribution in [-0.4, -0.2) is 42.0 Å². The lowest BCUT2D eigenvalue weighted by atomic mass is 10.1. The van der Waals surface area contributed by atoms with Gasteiger partial charge in [0.2, 0.25) is 11.8 Å². The van der Waals surface area contributed by atoms with Gasteiger partial charge in [0, 0.05) is 26.6 Å². The molecule has 0 spiro atoms. The highest BCUT2D eigenvalue weighted by Gasteiger charge is 2.25. The normalized spacial score (nSPS) is 18.5. The minimum absolute atomic E-state index is 0.0639. The third-order valence-electron chi connectivity index (χ3n) is 4.05. The van der Waals surface area contributed by atoms with Gasteiger partial charge in [-0.15, -0.1) is 0 Å². The van der Waals surface area contributed by atoms with E-state index in [1.54, 1.807) is 19.1 Å². The van der Waals surface area contributed by atoms with Gasteiger partial charge in [0.1, 0.15) is 11.9 Å². The Morgan fingerprint density at radius 3 is 2.65 bits per heavy atom. The molecule has 1 N–H and O–H groups in total. The van der Waals surface area contributed by atoms with Gasteiger partial charge in [0.15, 0.2) is 0 Å². The van der Waals surface area contributed by atoms with Crippen LogP contribution in [0.1, 0.15) is 32.3 Å². The standard InChI is InChI=1S/C17H23FN2O3/c1-12(17(22)19-10-16-4-3-9-23-16)20(13(2)21)11-14-5-7-15(18)8-6-14/h5-8,12,16H,3-4,9-11H2,1-2H3,(H,19,22)/t12-,16+/m1/s1. The lowest BCUT2D eigenvalue weighted by Crippen LogP contribution is -2.48. The molecule has 1 fully saturated rings. The Kier molecular flexibility index (Phi) is 6.10. The van der Waals surface area contributed by atoms with E-state index in [9.17, 15) is 14.0 Å². The van der Waals surface area contributed by atoms with E-state index in [0.29, 0.717) is 6.54 Å². The van der Waals surface area contributed by atoms with Crippen molar-refractivity contribution in [2.24, 2.45) is 0 Å². The average molecular weight is 322 g/mol. The highest BCUT2D eigenvalue weighted by atomic mass is 19.1. The van der Waals surface area contributed by atoms with E-state index >= 15 is 0 Å². The number of carbonyl (C=O) groups is 2. The maximum Gasteiger partial charge on any atom is 0.242 e. The fourth-order valence-electron chi connectivity index (χ4n) is 2.62. The monoisotopic (exact) mass is 322 g/mol. The molecule has 1 aliphatic heterocycles. The number of hydrogen-bond donors (Lipinski definition) is 1. The molecular formula is C17H23FN2O3. The van der Waals surface area contributed by atoms with Crippen molar-refractivity contribution in [3.8, 4) is 0 Å². The van der Waals surface area contributed by atoms with Crippen molar-refractivity contribution in [3.63, 3.8) is 0 Å². The fourth-order valence-corrected chi connectivity index (χ4v) is 2.62. The highest BCUT2D eigenvalue weighted by molar-refractivity contribution is 5.86. The number of rotatable bonds is 6. The number of carbonyl (C=O) groups excluding carboxylic acids is 2. The molecule has 1 aromatic rings. The number of benzene rings is 1. The van der Waals surface area contributed by atoms with E-state index in [0.717, 1.165) is 25.0 Å². The molecule has 0 radical (unpaired) electrons.